The van der Waals surface area contributed by atoms with Gasteiger partial charge in [-0.25, -0.2) is 8.78 Å². The lowest BCUT2D eigenvalue weighted by Crippen LogP contribution is -1.91. The SMILES string of the molecule is FC(F)c1c(I)ccc2ccccc12. The molecule has 0 aliphatic rings. The fraction of sp³-hybridized carbons (Fsp3) is 0.0909. The number of alkyl halides is 2. The van der Waals surface area contributed by atoms with Crippen molar-refractivity contribution >= 4 is 33.4 Å². The van der Waals surface area contributed by atoms with Crippen molar-refractivity contribution in [1.29, 1.82) is 0 Å². The van der Waals surface area contributed by atoms with Gasteiger partial charge in [-0.3, -0.25) is 0 Å². The van der Waals surface area contributed by atoms with Crippen LogP contribution in [-0.2, 0) is 0 Å². The molecule has 72 valence electrons. The summed E-state index contributed by atoms with van der Waals surface area (Å²) in [5.41, 5.74) is 0.142. The number of hydrogen-bond donors (Lipinski definition) is 0. The van der Waals surface area contributed by atoms with Crippen molar-refractivity contribution in [2.45, 2.75) is 6.43 Å². The lowest BCUT2D eigenvalue weighted by Gasteiger charge is -2.07. The highest BCUT2D eigenvalue weighted by Gasteiger charge is 2.14. The average molecular weight is 304 g/mol. The first-order valence-electron chi connectivity index (χ1n) is 4.15. The van der Waals surface area contributed by atoms with E-state index < -0.39 is 6.43 Å². The van der Waals surface area contributed by atoms with E-state index in [9.17, 15) is 8.78 Å². The van der Waals surface area contributed by atoms with Gasteiger partial charge in [0.15, 0.2) is 0 Å². The summed E-state index contributed by atoms with van der Waals surface area (Å²) in [4.78, 5) is 0. The number of rotatable bonds is 1. The molecule has 0 atom stereocenters. The van der Waals surface area contributed by atoms with Crippen LogP contribution < -0.4 is 0 Å². The van der Waals surface area contributed by atoms with Gasteiger partial charge in [0.1, 0.15) is 0 Å². The lowest BCUT2D eigenvalue weighted by atomic mass is 10.1. The summed E-state index contributed by atoms with van der Waals surface area (Å²) >= 11 is 1.94. The average Bonchev–Trinajstić information content (AvgIpc) is 2.17. The fourth-order valence-electron chi connectivity index (χ4n) is 1.49. The molecule has 0 spiro atoms. The summed E-state index contributed by atoms with van der Waals surface area (Å²) in [6.07, 6.45) is -2.41. The van der Waals surface area contributed by atoms with Crippen LogP contribution in [0.5, 0.6) is 0 Å². The summed E-state index contributed by atoms with van der Waals surface area (Å²) in [5.74, 6) is 0. The van der Waals surface area contributed by atoms with E-state index in [0.29, 0.717) is 8.96 Å². The molecule has 2 aromatic carbocycles. The van der Waals surface area contributed by atoms with E-state index in [2.05, 4.69) is 0 Å². The molecule has 0 aliphatic carbocycles. The highest BCUT2D eigenvalue weighted by molar-refractivity contribution is 14.1. The number of halogens is 3. The molecule has 0 nitrogen and oxygen atoms in total. The normalized spacial score (nSPS) is 11.1. The first-order chi connectivity index (χ1) is 6.70. The minimum absolute atomic E-state index is 0.142. The highest BCUT2D eigenvalue weighted by Crippen LogP contribution is 2.31. The summed E-state index contributed by atoms with van der Waals surface area (Å²) < 4.78 is 26.1. The minimum atomic E-state index is -2.41. The smallest absolute Gasteiger partial charge is 0.205 e. The maximum Gasteiger partial charge on any atom is 0.265 e. The molecule has 0 saturated carbocycles. The zero-order valence-electron chi connectivity index (χ0n) is 7.18. The van der Waals surface area contributed by atoms with Crippen molar-refractivity contribution in [2.24, 2.45) is 0 Å². The van der Waals surface area contributed by atoms with Crippen LogP contribution in [0.4, 0.5) is 8.78 Å². The molecule has 0 amide bonds. The molecule has 0 N–H and O–H groups in total. The van der Waals surface area contributed by atoms with Crippen molar-refractivity contribution < 1.29 is 8.78 Å². The van der Waals surface area contributed by atoms with Gasteiger partial charge in [0.2, 0.25) is 0 Å². The molecular formula is C11H7F2I. The Hall–Kier alpha value is -0.710. The summed E-state index contributed by atoms with van der Waals surface area (Å²) in [6, 6.07) is 10.8. The van der Waals surface area contributed by atoms with Crippen LogP contribution in [0.1, 0.15) is 12.0 Å². The molecule has 2 rings (SSSR count). The topological polar surface area (TPSA) is 0 Å². The van der Waals surface area contributed by atoms with E-state index in [1.165, 1.54) is 0 Å². The molecule has 0 aliphatic heterocycles. The van der Waals surface area contributed by atoms with Crippen LogP contribution in [0, 0.1) is 3.57 Å². The van der Waals surface area contributed by atoms with Crippen molar-refractivity contribution in [2.75, 3.05) is 0 Å². The molecule has 0 radical (unpaired) electrons. The van der Waals surface area contributed by atoms with Gasteiger partial charge >= 0.3 is 0 Å². The van der Waals surface area contributed by atoms with Gasteiger partial charge in [0.25, 0.3) is 6.43 Å². The Morgan fingerprint density at radius 1 is 1.00 bits per heavy atom. The standard InChI is InChI=1S/C11H7F2I/c12-11(13)10-8-4-2-1-3-7(8)5-6-9(10)14/h1-6,11H. The molecule has 0 fully saturated rings. The molecule has 3 heteroatoms. The third-order valence-electron chi connectivity index (χ3n) is 2.14. The zero-order chi connectivity index (χ0) is 10.1. The van der Waals surface area contributed by atoms with E-state index in [1.54, 1.807) is 18.2 Å². The van der Waals surface area contributed by atoms with E-state index >= 15 is 0 Å². The third-order valence-corrected chi connectivity index (χ3v) is 3.08. The van der Waals surface area contributed by atoms with Crippen LogP contribution in [0.25, 0.3) is 10.8 Å². The molecule has 0 bridgehead atoms. The predicted octanol–water partition coefficient (Wildman–Crippen LogP) is 4.38. The molecule has 0 unspecified atom stereocenters. The van der Waals surface area contributed by atoms with Crippen LogP contribution in [0.15, 0.2) is 36.4 Å². The molecule has 0 aromatic heterocycles. The fourth-order valence-corrected chi connectivity index (χ4v) is 2.20. The van der Waals surface area contributed by atoms with E-state index in [0.717, 1.165) is 5.39 Å². The van der Waals surface area contributed by atoms with Gasteiger partial charge in [0, 0.05) is 9.13 Å². The Morgan fingerprint density at radius 3 is 2.43 bits per heavy atom. The Balaban J connectivity index is 2.83. The van der Waals surface area contributed by atoms with Gasteiger partial charge in [0.05, 0.1) is 0 Å². The number of fused-ring (bicyclic) bond motifs is 1. The quantitative estimate of drug-likeness (QED) is 0.686. The molecular weight excluding hydrogens is 297 g/mol. The maximum absolute atomic E-state index is 12.8. The zero-order valence-corrected chi connectivity index (χ0v) is 9.33. The molecule has 0 heterocycles. The van der Waals surface area contributed by atoms with Crippen molar-refractivity contribution in [1.82, 2.24) is 0 Å². The number of benzene rings is 2. The molecule has 14 heavy (non-hydrogen) atoms. The Morgan fingerprint density at radius 2 is 1.71 bits per heavy atom. The summed E-state index contributed by atoms with van der Waals surface area (Å²) in [7, 11) is 0. The Bertz CT molecular complexity index is 466. The van der Waals surface area contributed by atoms with Crippen molar-refractivity contribution in [3.63, 3.8) is 0 Å². The van der Waals surface area contributed by atoms with Crippen LogP contribution >= 0.6 is 22.6 Å². The molecule has 0 saturated heterocycles. The van der Waals surface area contributed by atoms with Crippen molar-refractivity contribution in [3.8, 4) is 0 Å². The van der Waals surface area contributed by atoms with E-state index in [1.807, 2.05) is 40.8 Å². The number of hydrogen-bond acceptors (Lipinski definition) is 0. The molecule has 2 aromatic rings. The minimum Gasteiger partial charge on any atom is -0.205 e. The maximum atomic E-state index is 12.8. The van der Waals surface area contributed by atoms with Gasteiger partial charge < -0.3 is 0 Å². The van der Waals surface area contributed by atoms with E-state index in [-0.39, 0.29) is 5.56 Å². The lowest BCUT2D eigenvalue weighted by molar-refractivity contribution is 0.152. The Labute approximate surface area is 94.1 Å². The second-order valence-corrected chi connectivity index (χ2v) is 4.15. The van der Waals surface area contributed by atoms with Crippen LogP contribution in [0.2, 0.25) is 0 Å². The third kappa shape index (κ3) is 1.61. The highest BCUT2D eigenvalue weighted by atomic mass is 127. The predicted molar refractivity (Wildman–Crippen MR) is 61.6 cm³/mol. The van der Waals surface area contributed by atoms with Gasteiger partial charge in [-0.1, -0.05) is 30.3 Å². The summed E-state index contributed by atoms with van der Waals surface area (Å²) in [6.45, 7) is 0. The van der Waals surface area contributed by atoms with Gasteiger partial charge in [-0.15, -0.1) is 0 Å². The second-order valence-electron chi connectivity index (χ2n) is 2.98. The largest absolute Gasteiger partial charge is 0.265 e. The van der Waals surface area contributed by atoms with Crippen LogP contribution in [0.3, 0.4) is 0 Å². The summed E-state index contributed by atoms with van der Waals surface area (Å²) in [5, 5.41) is 1.51. The second kappa shape index (κ2) is 3.81. The van der Waals surface area contributed by atoms with Crippen LogP contribution in [-0.4, -0.2) is 0 Å². The van der Waals surface area contributed by atoms with Gasteiger partial charge in [-0.2, -0.15) is 0 Å². The Kier molecular flexibility index (Phi) is 2.67. The van der Waals surface area contributed by atoms with Crippen molar-refractivity contribution in [3.05, 3.63) is 45.5 Å². The van der Waals surface area contributed by atoms with Gasteiger partial charge in [-0.05, 0) is 39.4 Å². The monoisotopic (exact) mass is 304 g/mol. The van der Waals surface area contributed by atoms with E-state index in [4.69, 9.17) is 0 Å². The first kappa shape index (κ1) is 9.83. The first-order valence-corrected chi connectivity index (χ1v) is 5.23.